The number of carbonyl (C=O) groups is 2. The Balaban J connectivity index is 2.11. The van der Waals surface area contributed by atoms with Crippen molar-refractivity contribution in [3.8, 4) is 11.5 Å². The van der Waals surface area contributed by atoms with Crippen LogP contribution in [0, 0.1) is 5.82 Å². The molecule has 1 atom stereocenters. The van der Waals surface area contributed by atoms with Crippen LogP contribution in [0.4, 0.5) is 4.39 Å². The summed E-state index contributed by atoms with van der Waals surface area (Å²) in [6.45, 7) is 4.32. The van der Waals surface area contributed by atoms with Crippen LogP contribution in [-0.4, -0.2) is 55.2 Å². The van der Waals surface area contributed by atoms with Crippen molar-refractivity contribution >= 4 is 17.4 Å². The number of benzene rings is 2. The number of hydrogen-bond acceptors (Lipinski definition) is 6. The predicted molar refractivity (Wildman–Crippen MR) is 121 cm³/mol. The van der Waals surface area contributed by atoms with Gasteiger partial charge in [0.15, 0.2) is 0 Å². The zero-order valence-electron chi connectivity index (χ0n) is 19.1. The van der Waals surface area contributed by atoms with Crippen LogP contribution in [0.2, 0.25) is 0 Å². The highest BCUT2D eigenvalue weighted by atomic mass is 19.1. The number of likely N-dealkylation sites (tertiary alicyclic amines) is 1. The molecule has 1 aliphatic rings. The number of ketones is 1. The summed E-state index contributed by atoms with van der Waals surface area (Å²) >= 11 is 0. The van der Waals surface area contributed by atoms with Crippen LogP contribution < -0.4 is 9.47 Å². The van der Waals surface area contributed by atoms with Crippen LogP contribution in [0.15, 0.2) is 48.0 Å². The Hall–Kier alpha value is -3.39. The standard InChI is InChI=1S/C25H28FNO6/c1-15(2)33-13-7-12-27-22(17-8-5-6-9-19(17)26)21(24(29)25(27)30)23(28)18-11-10-16(31-3)14-20(18)32-4/h5-6,8-11,14-15,22,28H,7,12-13H2,1-4H3/b23-21+. The SMILES string of the molecule is COc1ccc(/C(O)=C2\C(=O)C(=O)N(CCCOC(C)C)C2c2ccccc2F)c(OC)c1. The zero-order chi connectivity index (χ0) is 24.1. The third-order valence-corrected chi connectivity index (χ3v) is 5.40. The minimum atomic E-state index is -1.09. The monoisotopic (exact) mass is 457 g/mol. The first-order valence-electron chi connectivity index (χ1n) is 10.7. The van der Waals surface area contributed by atoms with Crippen molar-refractivity contribution in [1.82, 2.24) is 4.90 Å². The second-order valence-electron chi connectivity index (χ2n) is 7.85. The van der Waals surface area contributed by atoms with Gasteiger partial charge in [-0.05, 0) is 38.5 Å². The van der Waals surface area contributed by atoms with E-state index in [4.69, 9.17) is 14.2 Å². The normalized spacial score (nSPS) is 17.6. The fraction of sp³-hybridized carbons (Fsp3) is 0.360. The van der Waals surface area contributed by atoms with E-state index in [1.165, 1.54) is 43.4 Å². The molecule has 0 bridgehead atoms. The third kappa shape index (κ3) is 5.01. The maximum atomic E-state index is 14.8. The molecule has 176 valence electrons. The van der Waals surface area contributed by atoms with Crippen molar-refractivity contribution < 1.29 is 33.3 Å². The number of hydrogen-bond donors (Lipinski definition) is 1. The van der Waals surface area contributed by atoms with Crippen molar-refractivity contribution in [2.45, 2.75) is 32.4 Å². The van der Waals surface area contributed by atoms with Crippen LogP contribution in [0.25, 0.3) is 5.76 Å². The van der Waals surface area contributed by atoms with E-state index in [9.17, 15) is 19.1 Å². The maximum Gasteiger partial charge on any atom is 0.295 e. The number of aliphatic hydroxyl groups is 1. The van der Waals surface area contributed by atoms with Crippen LogP contribution in [0.1, 0.15) is 37.4 Å². The summed E-state index contributed by atoms with van der Waals surface area (Å²) in [7, 11) is 2.90. The number of aliphatic hydroxyl groups excluding tert-OH is 1. The van der Waals surface area contributed by atoms with Crippen molar-refractivity contribution in [1.29, 1.82) is 0 Å². The number of nitrogens with zero attached hydrogens (tertiary/aromatic N) is 1. The zero-order valence-corrected chi connectivity index (χ0v) is 19.1. The highest BCUT2D eigenvalue weighted by Gasteiger charge is 2.46. The highest BCUT2D eigenvalue weighted by molar-refractivity contribution is 6.46. The molecular formula is C25H28FNO6. The lowest BCUT2D eigenvalue weighted by molar-refractivity contribution is -0.140. The lowest BCUT2D eigenvalue weighted by atomic mass is 9.94. The van der Waals surface area contributed by atoms with E-state index in [-0.39, 0.29) is 35.1 Å². The van der Waals surface area contributed by atoms with E-state index in [1.54, 1.807) is 18.2 Å². The summed E-state index contributed by atoms with van der Waals surface area (Å²) < 4.78 is 30.9. The van der Waals surface area contributed by atoms with Gasteiger partial charge in [-0.2, -0.15) is 0 Å². The molecule has 33 heavy (non-hydrogen) atoms. The third-order valence-electron chi connectivity index (χ3n) is 5.40. The van der Waals surface area contributed by atoms with E-state index in [1.807, 2.05) is 13.8 Å². The van der Waals surface area contributed by atoms with Gasteiger partial charge >= 0.3 is 0 Å². The molecular weight excluding hydrogens is 429 g/mol. The van der Waals surface area contributed by atoms with Gasteiger partial charge in [-0.25, -0.2) is 4.39 Å². The molecule has 1 unspecified atom stereocenters. The second kappa shape index (κ2) is 10.5. The number of methoxy groups -OCH3 is 2. The van der Waals surface area contributed by atoms with Crippen LogP contribution >= 0.6 is 0 Å². The van der Waals surface area contributed by atoms with E-state index < -0.39 is 29.3 Å². The number of rotatable bonds is 9. The molecule has 2 aromatic rings. The number of carbonyl (C=O) groups excluding carboxylic acids is 2. The molecule has 2 aromatic carbocycles. The molecule has 1 fully saturated rings. The minimum absolute atomic E-state index is 0.0188. The molecule has 8 heteroatoms. The van der Waals surface area contributed by atoms with Crippen molar-refractivity contribution in [2.75, 3.05) is 27.4 Å². The Morgan fingerprint density at radius 2 is 1.85 bits per heavy atom. The first-order valence-corrected chi connectivity index (χ1v) is 10.7. The Kier molecular flexibility index (Phi) is 7.71. The van der Waals surface area contributed by atoms with E-state index in [2.05, 4.69) is 0 Å². The van der Waals surface area contributed by atoms with E-state index in [0.29, 0.717) is 18.8 Å². The van der Waals surface area contributed by atoms with E-state index in [0.717, 1.165) is 0 Å². The molecule has 1 heterocycles. The average Bonchev–Trinajstić information content (AvgIpc) is 3.05. The van der Waals surface area contributed by atoms with Gasteiger partial charge in [0.25, 0.3) is 11.7 Å². The van der Waals surface area contributed by atoms with Crippen LogP contribution in [0.5, 0.6) is 11.5 Å². The van der Waals surface area contributed by atoms with Gasteiger partial charge < -0.3 is 24.2 Å². The lowest BCUT2D eigenvalue weighted by Crippen LogP contribution is -2.31. The van der Waals surface area contributed by atoms with Crippen molar-refractivity contribution in [2.24, 2.45) is 0 Å². The number of amides is 1. The highest BCUT2D eigenvalue weighted by Crippen LogP contribution is 2.42. The molecule has 1 aliphatic heterocycles. The molecule has 0 spiro atoms. The molecule has 1 amide bonds. The minimum Gasteiger partial charge on any atom is -0.507 e. The van der Waals surface area contributed by atoms with Gasteiger partial charge in [-0.15, -0.1) is 0 Å². The Morgan fingerprint density at radius 1 is 1.12 bits per heavy atom. The Bertz CT molecular complexity index is 1060. The van der Waals surface area contributed by atoms with Crippen LogP contribution in [-0.2, 0) is 14.3 Å². The summed E-state index contributed by atoms with van der Waals surface area (Å²) in [4.78, 5) is 27.3. The smallest absolute Gasteiger partial charge is 0.295 e. The van der Waals surface area contributed by atoms with Gasteiger partial charge in [0.1, 0.15) is 23.1 Å². The summed E-state index contributed by atoms with van der Waals surface area (Å²) in [6, 6.07) is 9.48. The van der Waals surface area contributed by atoms with Gasteiger partial charge in [-0.3, -0.25) is 9.59 Å². The predicted octanol–water partition coefficient (Wildman–Crippen LogP) is 4.08. The molecule has 0 aliphatic carbocycles. The Labute approximate surface area is 192 Å². The lowest BCUT2D eigenvalue weighted by Gasteiger charge is -2.26. The topological polar surface area (TPSA) is 85.3 Å². The van der Waals surface area contributed by atoms with Gasteiger partial charge in [0.2, 0.25) is 0 Å². The molecule has 1 N–H and O–H groups in total. The molecule has 0 saturated carbocycles. The molecule has 0 aromatic heterocycles. The maximum absolute atomic E-state index is 14.8. The summed E-state index contributed by atoms with van der Waals surface area (Å²) in [5.41, 5.74) is 0.120. The summed E-state index contributed by atoms with van der Waals surface area (Å²) in [5.74, 6) is -1.98. The number of Topliss-reactive ketones (excluding diaryl/α,β-unsaturated/α-hetero) is 1. The number of halogens is 1. The molecule has 7 nitrogen and oxygen atoms in total. The van der Waals surface area contributed by atoms with Crippen molar-refractivity contribution in [3.63, 3.8) is 0 Å². The van der Waals surface area contributed by atoms with Crippen molar-refractivity contribution in [3.05, 3.63) is 65.0 Å². The number of ether oxygens (including phenoxy) is 3. The van der Waals surface area contributed by atoms with Gasteiger partial charge in [0, 0.05) is 24.8 Å². The van der Waals surface area contributed by atoms with E-state index >= 15 is 0 Å². The summed E-state index contributed by atoms with van der Waals surface area (Å²) in [5, 5.41) is 11.2. The first kappa shape index (κ1) is 24.3. The molecule has 0 radical (unpaired) electrons. The molecule has 1 saturated heterocycles. The fourth-order valence-corrected chi connectivity index (χ4v) is 3.82. The molecule has 3 rings (SSSR count). The van der Waals surface area contributed by atoms with Crippen LogP contribution in [0.3, 0.4) is 0 Å². The summed E-state index contributed by atoms with van der Waals surface area (Å²) in [6.07, 6.45) is 0.465. The second-order valence-corrected chi connectivity index (χ2v) is 7.85. The van der Waals surface area contributed by atoms with Gasteiger partial charge in [0.05, 0.1) is 37.5 Å². The average molecular weight is 457 g/mol. The quantitative estimate of drug-likeness (QED) is 0.264. The fourth-order valence-electron chi connectivity index (χ4n) is 3.82. The first-order chi connectivity index (χ1) is 15.8. The van der Waals surface area contributed by atoms with Gasteiger partial charge in [-0.1, -0.05) is 18.2 Å². The largest absolute Gasteiger partial charge is 0.507 e. The Morgan fingerprint density at radius 3 is 2.48 bits per heavy atom.